The van der Waals surface area contributed by atoms with E-state index in [-0.39, 0.29) is 0 Å². The van der Waals surface area contributed by atoms with E-state index in [1.54, 1.807) is 6.07 Å². The molecule has 2 heteroatoms. The second-order valence-electron chi connectivity index (χ2n) is 5.03. The van der Waals surface area contributed by atoms with Crippen LogP contribution in [0, 0.1) is 0 Å². The molecule has 3 rings (SSSR count). The average molecular weight is 286 g/mol. The van der Waals surface area contributed by atoms with Crippen LogP contribution in [-0.2, 0) is 0 Å². The largest absolute Gasteiger partial charge is 0.298 e. The van der Waals surface area contributed by atoms with Crippen LogP contribution in [0.15, 0.2) is 72.8 Å². The van der Waals surface area contributed by atoms with Crippen LogP contribution in [0.3, 0.4) is 0 Å². The van der Waals surface area contributed by atoms with E-state index in [4.69, 9.17) is 0 Å². The van der Waals surface area contributed by atoms with Crippen molar-refractivity contribution in [2.24, 2.45) is 0 Å². The SMILES string of the molecule is O=Cc1cccc(-c2ccc(-c3ccccc3)c(C=O)c2)c1. The van der Waals surface area contributed by atoms with Crippen LogP contribution in [-0.4, -0.2) is 12.6 Å². The van der Waals surface area contributed by atoms with Crippen molar-refractivity contribution in [1.29, 1.82) is 0 Å². The molecule has 0 radical (unpaired) electrons. The summed E-state index contributed by atoms with van der Waals surface area (Å²) in [6.45, 7) is 0. The Morgan fingerprint density at radius 2 is 1.32 bits per heavy atom. The van der Waals surface area contributed by atoms with Gasteiger partial charge in [-0.1, -0.05) is 60.7 Å². The van der Waals surface area contributed by atoms with Crippen molar-refractivity contribution in [2.45, 2.75) is 0 Å². The lowest BCUT2D eigenvalue weighted by Gasteiger charge is -2.09. The Morgan fingerprint density at radius 1 is 0.591 bits per heavy atom. The number of benzene rings is 3. The maximum Gasteiger partial charge on any atom is 0.150 e. The summed E-state index contributed by atoms with van der Waals surface area (Å²) in [6, 6.07) is 22.9. The predicted octanol–water partition coefficient (Wildman–Crippen LogP) is 4.65. The van der Waals surface area contributed by atoms with Crippen molar-refractivity contribution in [3.05, 3.63) is 83.9 Å². The van der Waals surface area contributed by atoms with Crippen LogP contribution in [0.1, 0.15) is 20.7 Å². The average Bonchev–Trinajstić information content (AvgIpc) is 2.62. The van der Waals surface area contributed by atoms with Crippen LogP contribution >= 0.6 is 0 Å². The Hall–Kier alpha value is -3.00. The molecule has 0 heterocycles. The fraction of sp³-hybridized carbons (Fsp3) is 0. The zero-order chi connectivity index (χ0) is 15.4. The first-order valence-electron chi connectivity index (χ1n) is 7.02. The van der Waals surface area contributed by atoms with E-state index in [2.05, 4.69) is 0 Å². The summed E-state index contributed by atoms with van der Waals surface area (Å²) in [6.07, 6.45) is 1.69. The van der Waals surface area contributed by atoms with Gasteiger partial charge in [0, 0.05) is 11.1 Å². The first-order chi connectivity index (χ1) is 10.8. The van der Waals surface area contributed by atoms with Gasteiger partial charge in [-0.15, -0.1) is 0 Å². The van der Waals surface area contributed by atoms with Gasteiger partial charge in [-0.05, 0) is 34.4 Å². The van der Waals surface area contributed by atoms with Crippen LogP contribution in [0.2, 0.25) is 0 Å². The molecule has 0 unspecified atom stereocenters. The first-order valence-corrected chi connectivity index (χ1v) is 7.02. The lowest BCUT2D eigenvalue weighted by molar-refractivity contribution is 0.111. The van der Waals surface area contributed by atoms with Crippen LogP contribution in [0.4, 0.5) is 0 Å². The quantitative estimate of drug-likeness (QED) is 0.654. The smallest absolute Gasteiger partial charge is 0.150 e. The van der Waals surface area contributed by atoms with Gasteiger partial charge in [0.05, 0.1) is 0 Å². The van der Waals surface area contributed by atoms with E-state index in [0.717, 1.165) is 34.8 Å². The summed E-state index contributed by atoms with van der Waals surface area (Å²) >= 11 is 0. The molecule has 0 aromatic heterocycles. The molecule has 0 saturated carbocycles. The Morgan fingerprint density at radius 3 is 2.05 bits per heavy atom. The number of hydrogen-bond donors (Lipinski definition) is 0. The summed E-state index contributed by atoms with van der Waals surface area (Å²) in [5.74, 6) is 0. The molecule has 0 aliphatic rings. The molecule has 0 aliphatic carbocycles. The molecule has 0 aliphatic heterocycles. The topological polar surface area (TPSA) is 34.1 Å². The van der Waals surface area contributed by atoms with Gasteiger partial charge in [0.1, 0.15) is 6.29 Å². The maximum atomic E-state index is 11.5. The van der Waals surface area contributed by atoms with Gasteiger partial charge in [-0.2, -0.15) is 0 Å². The Balaban J connectivity index is 2.09. The van der Waals surface area contributed by atoms with Gasteiger partial charge >= 0.3 is 0 Å². The van der Waals surface area contributed by atoms with E-state index in [1.807, 2.05) is 66.7 Å². The first kappa shape index (κ1) is 14.0. The minimum absolute atomic E-state index is 0.622. The molecule has 0 spiro atoms. The molecular weight excluding hydrogens is 272 g/mol. The van der Waals surface area contributed by atoms with E-state index in [1.165, 1.54) is 0 Å². The molecule has 0 N–H and O–H groups in total. The monoisotopic (exact) mass is 286 g/mol. The molecule has 2 nitrogen and oxygen atoms in total. The zero-order valence-corrected chi connectivity index (χ0v) is 11.9. The van der Waals surface area contributed by atoms with Crippen molar-refractivity contribution in [1.82, 2.24) is 0 Å². The molecule has 3 aromatic rings. The fourth-order valence-corrected chi connectivity index (χ4v) is 2.51. The number of aldehydes is 2. The number of carbonyl (C=O) groups is 2. The minimum Gasteiger partial charge on any atom is -0.298 e. The second kappa shape index (κ2) is 6.19. The molecule has 0 saturated heterocycles. The number of carbonyl (C=O) groups excluding carboxylic acids is 2. The number of hydrogen-bond acceptors (Lipinski definition) is 2. The zero-order valence-electron chi connectivity index (χ0n) is 11.9. The molecule has 106 valence electrons. The highest BCUT2D eigenvalue weighted by molar-refractivity contribution is 5.90. The normalized spacial score (nSPS) is 10.2. The highest BCUT2D eigenvalue weighted by Gasteiger charge is 2.07. The van der Waals surface area contributed by atoms with E-state index < -0.39 is 0 Å². The highest BCUT2D eigenvalue weighted by Crippen LogP contribution is 2.28. The molecule has 0 fully saturated rings. The highest BCUT2D eigenvalue weighted by atomic mass is 16.1. The Labute approximate surface area is 129 Å². The van der Waals surface area contributed by atoms with Crippen molar-refractivity contribution in [3.8, 4) is 22.3 Å². The standard InChI is InChI=1S/C20H14O2/c21-13-15-5-4-8-17(11-15)18-9-10-20(19(12-18)14-22)16-6-2-1-3-7-16/h1-14H. The van der Waals surface area contributed by atoms with Gasteiger partial charge in [-0.3, -0.25) is 9.59 Å². The lowest BCUT2D eigenvalue weighted by Crippen LogP contribution is -1.90. The van der Waals surface area contributed by atoms with Gasteiger partial charge in [-0.25, -0.2) is 0 Å². The third kappa shape index (κ3) is 2.72. The lowest BCUT2D eigenvalue weighted by atomic mass is 9.95. The Kier molecular flexibility index (Phi) is 3.92. The van der Waals surface area contributed by atoms with Gasteiger partial charge in [0.2, 0.25) is 0 Å². The molecular formula is C20H14O2. The fourth-order valence-electron chi connectivity index (χ4n) is 2.51. The summed E-state index contributed by atoms with van der Waals surface area (Å²) in [5.41, 5.74) is 5.03. The summed E-state index contributed by atoms with van der Waals surface area (Å²) in [4.78, 5) is 22.3. The molecule has 0 bridgehead atoms. The van der Waals surface area contributed by atoms with Crippen LogP contribution in [0.5, 0.6) is 0 Å². The summed E-state index contributed by atoms with van der Waals surface area (Å²) in [5, 5.41) is 0. The molecule has 3 aromatic carbocycles. The second-order valence-corrected chi connectivity index (χ2v) is 5.03. The molecule has 0 amide bonds. The van der Waals surface area contributed by atoms with Crippen molar-refractivity contribution < 1.29 is 9.59 Å². The summed E-state index contributed by atoms with van der Waals surface area (Å²) < 4.78 is 0. The van der Waals surface area contributed by atoms with E-state index in [9.17, 15) is 9.59 Å². The van der Waals surface area contributed by atoms with Crippen molar-refractivity contribution in [2.75, 3.05) is 0 Å². The maximum absolute atomic E-state index is 11.5. The number of rotatable bonds is 4. The van der Waals surface area contributed by atoms with Crippen LogP contribution in [0.25, 0.3) is 22.3 Å². The minimum atomic E-state index is 0.622. The van der Waals surface area contributed by atoms with Crippen LogP contribution < -0.4 is 0 Å². The van der Waals surface area contributed by atoms with Crippen molar-refractivity contribution >= 4 is 12.6 Å². The van der Waals surface area contributed by atoms with Gasteiger partial charge < -0.3 is 0 Å². The third-order valence-corrected chi connectivity index (χ3v) is 3.62. The Bertz CT molecular complexity index is 820. The van der Waals surface area contributed by atoms with Crippen molar-refractivity contribution in [3.63, 3.8) is 0 Å². The van der Waals surface area contributed by atoms with E-state index in [0.29, 0.717) is 11.1 Å². The van der Waals surface area contributed by atoms with E-state index >= 15 is 0 Å². The van der Waals surface area contributed by atoms with Gasteiger partial charge in [0.25, 0.3) is 0 Å². The molecule has 0 atom stereocenters. The predicted molar refractivity (Wildman–Crippen MR) is 88.1 cm³/mol. The molecule has 22 heavy (non-hydrogen) atoms. The third-order valence-electron chi connectivity index (χ3n) is 3.62. The van der Waals surface area contributed by atoms with Gasteiger partial charge in [0.15, 0.2) is 6.29 Å². The summed E-state index contributed by atoms with van der Waals surface area (Å²) in [7, 11) is 0.